The first-order valence-corrected chi connectivity index (χ1v) is 5.92. The van der Waals surface area contributed by atoms with Crippen LogP contribution in [0, 0.1) is 0 Å². The number of hydrogen-bond acceptors (Lipinski definition) is 5. The van der Waals surface area contributed by atoms with E-state index in [9.17, 15) is 4.79 Å². The number of nitrogens with zero attached hydrogens (tertiary/aromatic N) is 2. The summed E-state index contributed by atoms with van der Waals surface area (Å²) in [7, 11) is 3.20. The Labute approximate surface area is 103 Å². The number of thiophene rings is 1. The summed E-state index contributed by atoms with van der Waals surface area (Å²) in [6, 6.07) is 3.04. The van der Waals surface area contributed by atoms with E-state index in [0.29, 0.717) is 11.4 Å². The largest absolute Gasteiger partial charge is 0.493 e. The van der Waals surface area contributed by atoms with Gasteiger partial charge in [0.2, 0.25) is 5.78 Å². The van der Waals surface area contributed by atoms with Crippen LogP contribution in [0.2, 0.25) is 0 Å². The SMILES string of the molecule is COc1cnn(C)c1C(=O)C(N)c1cccs1. The van der Waals surface area contributed by atoms with Crippen molar-refractivity contribution in [1.82, 2.24) is 9.78 Å². The van der Waals surface area contributed by atoms with Crippen molar-refractivity contribution in [2.45, 2.75) is 6.04 Å². The summed E-state index contributed by atoms with van der Waals surface area (Å²) in [4.78, 5) is 13.1. The number of ether oxygens (including phenoxy) is 1. The average Bonchev–Trinajstić information content (AvgIpc) is 2.96. The third-order valence-electron chi connectivity index (χ3n) is 2.49. The molecule has 2 rings (SSSR count). The molecule has 0 radical (unpaired) electrons. The number of carbonyl (C=O) groups excluding carboxylic acids is 1. The van der Waals surface area contributed by atoms with Crippen molar-refractivity contribution in [3.8, 4) is 5.75 Å². The second-order valence-electron chi connectivity index (χ2n) is 3.54. The predicted octanol–water partition coefficient (Wildman–Crippen LogP) is 1.37. The Bertz CT molecular complexity index is 519. The number of carbonyl (C=O) groups is 1. The van der Waals surface area contributed by atoms with Gasteiger partial charge in [0.05, 0.1) is 13.3 Å². The smallest absolute Gasteiger partial charge is 0.206 e. The fraction of sp³-hybridized carbons (Fsp3) is 0.273. The molecule has 5 nitrogen and oxygen atoms in total. The highest BCUT2D eigenvalue weighted by molar-refractivity contribution is 7.10. The minimum Gasteiger partial charge on any atom is -0.493 e. The van der Waals surface area contributed by atoms with Gasteiger partial charge in [-0.2, -0.15) is 5.10 Å². The van der Waals surface area contributed by atoms with Crippen LogP contribution in [0.3, 0.4) is 0 Å². The van der Waals surface area contributed by atoms with E-state index in [2.05, 4.69) is 5.10 Å². The topological polar surface area (TPSA) is 70.1 Å². The van der Waals surface area contributed by atoms with Crippen LogP contribution >= 0.6 is 11.3 Å². The van der Waals surface area contributed by atoms with Crippen molar-refractivity contribution in [2.24, 2.45) is 12.8 Å². The molecule has 0 saturated heterocycles. The number of nitrogens with two attached hydrogens (primary N) is 1. The molecule has 1 unspecified atom stereocenters. The van der Waals surface area contributed by atoms with Gasteiger partial charge in [0.25, 0.3) is 0 Å². The van der Waals surface area contributed by atoms with Crippen LogP contribution in [0.15, 0.2) is 23.7 Å². The molecule has 0 fully saturated rings. The monoisotopic (exact) mass is 251 g/mol. The standard InChI is InChI=1S/C11H13N3O2S/c1-14-10(7(16-2)6-13-14)11(15)9(12)8-4-3-5-17-8/h3-6,9H,12H2,1-2H3. The quantitative estimate of drug-likeness (QED) is 0.833. The van der Waals surface area contributed by atoms with Crippen LogP contribution < -0.4 is 10.5 Å². The van der Waals surface area contributed by atoms with Crippen LogP contribution in [-0.2, 0) is 7.05 Å². The zero-order chi connectivity index (χ0) is 12.4. The summed E-state index contributed by atoms with van der Waals surface area (Å²) < 4.78 is 6.58. The van der Waals surface area contributed by atoms with Gasteiger partial charge in [-0.25, -0.2) is 0 Å². The van der Waals surface area contributed by atoms with Crippen molar-refractivity contribution in [2.75, 3.05) is 7.11 Å². The van der Waals surface area contributed by atoms with Gasteiger partial charge in [-0.05, 0) is 11.4 Å². The van der Waals surface area contributed by atoms with Crippen molar-refractivity contribution in [3.63, 3.8) is 0 Å². The number of Topliss-reactive ketones (excluding diaryl/α,β-unsaturated/α-hetero) is 1. The minimum absolute atomic E-state index is 0.190. The maximum absolute atomic E-state index is 12.2. The zero-order valence-corrected chi connectivity index (χ0v) is 10.4. The Balaban J connectivity index is 2.34. The zero-order valence-electron chi connectivity index (χ0n) is 9.58. The molecule has 0 aliphatic carbocycles. The molecule has 6 heteroatoms. The maximum atomic E-state index is 12.2. The minimum atomic E-state index is -0.667. The van der Waals surface area contributed by atoms with Crippen LogP contribution in [0.4, 0.5) is 0 Å². The van der Waals surface area contributed by atoms with E-state index in [4.69, 9.17) is 10.5 Å². The van der Waals surface area contributed by atoms with Crippen molar-refractivity contribution < 1.29 is 9.53 Å². The molecule has 0 spiro atoms. The Morgan fingerprint density at radius 1 is 1.65 bits per heavy atom. The Kier molecular flexibility index (Phi) is 3.26. The van der Waals surface area contributed by atoms with Gasteiger partial charge in [-0.1, -0.05) is 6.07 Å². The van der Waals surface area contributed by atoms with E-state index in [0.717, 1.165) is 4.88 Å². The molecule has 2 aromatic rings. The maximum Gasteiger partial charge on any atom is 0.206 e. The molecular formula is C11H13N3O2S. The average molecular weight is 251 g/mol. The van der Waals surface area contributed by atoms with Gasteiger partial charge < -0.3 is 10.5 Å². The molecule has 0 aliphatic heterocycles. The fourth-order valence-electron chi connectivity index (χ4n) is 1.59. The molecule has 17 heavy (non-hydrogen) atoms. The lowest BCUT2D eigenvalue weighted by molar-refractivity contribution is 0.0950. The summed E-state index contributed by atoms with van der Waals surface area (Å²) in [6.45, 7) is 0. The number of hydrogen-bond donors (Lipinski definition) is 1. The van der Waals surface area contributed by atoms with Crippen LogP contribution in [0.1, 0.15) is 21.4 Å². The van der Waals surface area contributed by atoms with Gasteiger partial charge in [0, 0.05) is 11.9 Å². The second kappa shape index (κ2) is 4.68. The van der Waals surface area contributed by atoms with E-state index in [1.807, 2.05) is 17.5 Å². The van der Waals surface area contributed by atoms with Crippen LogP contribution in [0.5, 0.6) is 5.75 Å². The van der Waals surface area contributed by atoms with Crippen molar-refractivity contribution >= 4 is 17.1 Å². The molecule has 90 valence electrons. The van der Waals surface area contributed by atoms with Crippen molar-refractivity contribution in [3.05, 3.63) is 34.3 Å². The molecule has 0 aliphatic rings. The third-order valence-corrected chi connectivity index (χ3v) is 3.45. The van der Waals surface area contributed by atoms with Gasteiger partial charge in [0.15, 0.2) is 5.75 Å². The van der Waals surface area contributed by atoms with E-state index in [1.165, 1.54) is 29.3 Å². The van der Waals surface area contributed by atoms with E-state index in [1.54, 1.807) is 7.05 Å². The van der Waals surface area contributed by atoms with Crippen LogP contribution in [-0.4, -0.2) is 22.7 Å². The number of aryl methyl sites for hydroxylation is 1. The number of methoxy groups -OCH3 is 1. The predicted molar refractivity (Wildman–Crippen MR) is 65.3 cm³/mol. The van der Waals surface area contributed by atoms with Crippen molar-refractivity contribution in [1.29, 1.82) is 0 Å². The number of rotatable bonds is 4. The summed E-state index contributed by atoms with van der Waals surface area (Å²) in [5, 5.41) is 5.88. The molecule has 0 bridgehead atoms. The lowest BCUT2D eigenvalue weighted by Crippen LogP contribution is -2.23. The Morgan fingerprint density at radius 2 is 2.41 bits per heavy atom. The molecule has 0 saturated carbocycles. The first-order chi connectivity index (χ1) is 8.15. The highest BCUT2D eigenvalue weighted by Gasteiger charge is 2.25. The highest BCUT2D eigenvalue weighted by atomic mass is 32.1. The Morgan fingerprint density at radius 3 is 3.00 bits per heavy atom. The van der Waals surface area contributed by atoms with Gasteiger partial charge in [0.1, 0.15) is 11.7 Å². The summed E-state index contributed by atoms with van der Waals surface area (Å²) in [5.41, 5.74) is 6.33. The van der Waals surface area contributed by atoms with Gasteiger partial charge in [-0.15, -0.1) is 11.3 Å². The normalized spacial score (nSPS) is 12.4. The molecule has 1 atom stereocenters. The molecule has 2 heterocycles. The second-order valence-corrected chi connectivity index (χ2v) is 4.52. The number of aromatic nitrogens is 2. The lowest BCUT2D eigenvalue weighted by atomic mass is 10.1. The number of ketones is 1. The molecule has 2 N–H and O–H groups in total. The van der Waals surface area contributed by atoms with Crippen LogP contribution in [0.25, 0.3) is 0 Å². The summed E-state index contributed by atoms with van der Waals surface area (Å²) >= 11 is 1.46. The molecular weight excluding hydrogens is 238 g/mol. The van der Waals surface area contributed by atoms with E-state index in [-0.39, 0.29) is 5.78 Å². The molecule has 2 aromatic heterocycles. The van der Waals surface area contributed by atoms with Gasteiger partial charge in [-0.3, -0.25) is 9.48 Å². The van der Waals surface area contributed by atoms with E-state index < -0.39 is 6.04 Å². The first-order valence-electron chi connectivity index (χ1n) is 5.04. The summed E-state index contributed by atoms with van der Waals surface area (Å²) in [5.74, 6) is 0.258. The third kappa shape index (κ3) is 2.09. The summed E-state index contributed by atoms with van der Waals surface area (Å²) in [6.07, 6.45) is 1.51. The van der Waals surface area contributed by atoms with Gasteiger partial charge >= 0.3 is 0 Å². The molecule has 0 aromatic carbocycles. The lowest BCUT2D eigenvalue weighted by Gasteiger charge is -2.10. The molecule has 0 amide bonds. The Hall–Kier alpha value is -1.66. The van der Waals surface area contributed by atoms with E-state index >= 15 is 0 Å². The highest BCUT2D eigenvalue weighted by Crippen LogP contribution is 2.25. The first kappa shape index (κ1) is 11.8. The fourth-order valence-corrected chi connectivity index (χ4v) is 2.32.